The van der Waals surface area contributed by atoms with Gasteiger partial charge in [-0.1, -0.05) is 54.6 Å². The van der Waals surface area contributed by atoms with E-state index in [2.05, 4.69) is 0 Å². The van der Waals surface area contributed by atoms with Crippen LogP contribution in [0.2, 0.25) is 0 Å². The Hall–Kier alpha value is -4.59. The van der Waals surface area contributed by atoms with Gasteiger partial charge in [-0.05, 0) is 41.8 Å². The van der Waals surface area contributed by atoms with Crippen molar-refractivity contribution in [2.45, 2.75) is 25.0 Å². The van der Waals surface area contributed by atoms with Crippen LogP contribution < -0.4 is 0 Å². The predicted octanol–water partition coefficient (Wildman–Crippen LogP) is 4.55. The largest absolute Gasteiger partial charge is 0.358 e. The average Bonchev–Trinajstić information content (AvgIpc) is 3.40. The lowest BCUT2D eigenvalue weighted by molar-refractivity contribution is -0.384. The highest BCUT2D eigenvalue weighted by molar-refractivity contribution is 6.12. The maximum Gasteiger partial charge on any atom is 0.269 e. The van der Waals surface area contributed by atoms with Crippen molar-refractivity contribution >= 4 is 29.4 Å². The summed E-state index contributed by atoms with van der Waals surface area (Å²) in [5, 5.41) is 11.1. The molecule has 0 aromatic heterocycles. The zero-order chi connectivity index (χ0) is 25.8. The van der Waals surface area contributed by atoms with Crippen molar-refractivity contribution in [3.05, 3.63) is 117 Å². The summed E-state index contributed by atoms with van der Waals surface area (Å²) in [6, 6.07) is 20.6. The molecule has 3 aromatic rings. The highest BCUT2D eigenvalue weighted by atomic mass is 16.6. The van der Waals surface area contributed by atoms with E-state index in [0.29, 0.717) is 0 Å². The molecule has 8 nitrogen and oxygen atoms in total. The van der Waals surface area contributed by atoms with Gasteiger partial charge in [0, 0.05) is 23.9 Å². The summed E-state index contributed by atoms with van der Waals surface area (Å²) in [5.41, 5.74) is 2.82. The van der Waals surface area contributed by atoms with Crippen LogP contribution in [0.3, 0.4) is 0 Å². The number of rotatable bonds is 5. The third-order valence-corrected chi connectivity index (χ3v) is 7.80. The van der Waals surface area contributed by atoms with E-state index in [-0.39, 0.29) is 28.8 Å². The van der Waals surface area contributed by atoms with E-state index < -0.39 is 34.9 Å². The molecule has 2 saturated heterocycles. The van der Waals surface area contributed by atoms with Crippen molar-refractivity contribution in [3.8, 4) is 0 Å². The summed E-state index contributed by atoms with van der Waals surface area (Å²) in [5.74, 6) is -2.59. The standard InChI is InChI=1S/C29H23N3O5/c1-17(18-7-3-2-4-8-18)31-28(34)23-24(29(31)35)26(27(33)20-11-13-21(14-12-20)32(36)37)30-16-15-19-9-5-6-10-22(19)25(23)30/h2-17,23-26H,1H3/t17-,23+,24-,25+,26+/m1/s1. The Morgan fingerprint density at radius 2 is 1.54 bits per heavy atom. The van der Waals surface area contributed by atoms with Gasteiger partial charge in [-0.15, -0.1) is 0 Å². The van der Waals surface area contributed by atoms with Gasteiger partial charge in [-0.25, -0.2) is 0 Å². The van der Waals surface area contributed by atoms with Crippen molar-refractivity contribution in [2.24, 2.45) is 11.8 Å². The van der Waals surface area contributed by atoms with Crippen LogP contribution in [0, 0.1) is 22.0 Å². The molecule has 3 heterocycles. The van der Waals surface area contributed by atoms with Gasteiger partial charge in [-0.3, -0.25) is 29.4 Å². The fourth-order valence-electron chi connectivity index (χ4n) is 6.06. The molecule has 2 amide bonds. The van der Waals surface area contributed by atoms with Crippen LogP contribution in [0.1, 0.15) is 46.1 Å². The highest BCUT2D eigenvalue weighted by Gasteiger charge is 2.64. The molecule has 3 aromatic carbocycles. The van der Waals surface area contributed by atoms with Gasteiger partial charge in [0.05, 0.1) is 28.8 Å². The first-order valence-corrected chi connectivity index (χ1v) is 12.1. The molecule has 0 spiro atoms. The maximum atomic E-state index is 14.0. The second-order valence-corrected chi connectivity index (χ2v) is 9.63. The Morgan fingerprint density at radius 1 is 0.892 bits per heavy atom. The number of ketones is 1. The molecule has 0 aliphatic carbocycles. The minimum absolute atomic E-state index is 0.125. The topological polar surface area (TPSA) is 101 Å². The summed E-state index contributed by atoms with van der Waals surface area (Å²) < 4.78 is 0. The van der Waals surface area contributed by atoms with Crippen LogP contribution in [0.25, 0.3) is 6.08 Å². The monoisotopic (exact) mass is 493 g/mol. The first kappa shape index (κ1) is 22.8. The van der Waals surface area contributed by atoms with Crippen molar-refractivity contribution < 1.29 is 19.3 Å². The smallest absolute Gasteiger partial charge is 0.269 e. The quantitative estimate of drug-likeness (QED) is 0.224. The Kier molecular flexibility index (Phi) is 5.26. The lowest BCUT2D eigenvalue weighted by Crippen LogP contribution is -2.44. The number of carbonyl (C=O) groups is 3. The van der Waals surface area contributed by atoms with Gasteiger partial charge in [-0.2, -0.15) is 0 Å². The maximum absolute atomic E-state index is 14.0. The molecule has 2 fully saturated rings. The number of non-ortho nitro benzene ring substituents is 1. The normalized spacial score (nSPS) is 24.5. The van der Waals surface area contributed by atoms with Crippen LogP contribution in [0.4, 0.5) is 5.69 Å². The van der Waals surface area contributed by atoms with Crippen LogP contribution in [-0.2, 0) is 9.59 Å². The van der Waals surface area contributed by atoms with Gasteiger partial charge >= 0.3 is 0 Å². The van der Waals surface area contributed by atoms with E-state index in [4.69, 9.17) is 0 Å². The van der Waals surface area contributed by atoms with E-state index in [1.165, 1.54) is 29.2 Å². The average molecular weight is 494 g/mol. The minimum Gasteiger partial charge on any atom is -0.358 e. The summed E-state index contributed by atoms with van der Waals surface area (Å²) in [4.78, 5) is 55.6. The van der Waals surface area contributed by atoms with Crippen molar-refractivity contribution in [1.82, 2.24) is 9.80 Å². The number of imide groups is 1. The van der Waals surface area contributed by atoms with Gasteiger partial charge in [0.2, 0.25) is 11.8 Å². The van der Waals surface area contributed by atoms with Crippen LogP contribution >= 0.6 is 0 Å². The fourth-order valence-corrected chi connectivity index (χ4v) is 6.06. The number of likely N-dealkylation sites (tertiary alicyclic amines) is 1. The highest BCUT2D eigenvalue weighted by Crippen LogP contribution is 2.54. The van der Waals surface area contributed by atoms with Crippen molar-refractivity contribution in [2.75, 3.05) is 0 Å². The molecule has 0 radical (unpaired) electrons. The molecule has 0 unspecified atom stereocenters. The van der Waals surface area contributed by atoms with Crippen LogP contribution in [0.15, 0.2) is 85.1 Å². The molecule has 8 heteroatoms. The number of fused-ring (bicyclic) bond motifs is 5. The van der Waals surface area contributed by atoms with Crippen LogP contribution in [-0.4, -0.2) is 38.4 Å². The second kappa shape index (κ2) is 8.51. The van der Waals surface area contributed by atoms with Crippen molar-refractivity contribution in [3.63, 3.8) is 0 Å². The van der Waals surface area contributed by atoms with Gasteiger partial charge in [0.25, 0.3) is 5.69 Å². The lowest BCUT2D eigenvalue weighted by Gasteiger charge is -2.36. The van der Waals surface area contributed by atoms with E-state index in [0.717, 1.165) is 16.7 Å². The first-order chi connectivity index (χ1) is 17.9. The summed E-state index contributed by atoms with van der Waals surface area (Å²) in [6.07, 6.45) is 3.69. The SMILES string of the molecule is C[C@H](c1ccccc1)N1C(=O)[C@@H]2[C@H](C1=O)[C@@H]1c3ccccc3C=CN1[C@@H]2C(=O)c1ccc([N+](=O)[O-])cc1. The van der Waals surface area contributed by atoms with Gasteiger partial charge in [0.1, 0.15) is 6.04 Å². The third-order valence-electron chi connectivity index (χ3n) is 7.80. The molecule has 6 rings (SSSR count). The second-order valence-electron chi connectivity index (χ2n) is 9.63. The predicted molar refractivity (Wildman–Crippen MR) is 135 cm³/mol. The van der Waals surface area contributed by atoms with E-state index in [9.17, 15) is 24.5 Å². The zero-order valence-corrected chi connectivity index (χ0v) is 19.9. The third kappa shape index (κ3) is 3.40. The van der Waals surface area contributed by atoms with Gasteiger partial charge < -0.3 is 4.90 Å². The summed E-state index contributed by atoms with van der Waals surface area (Å²) in [6.45, 7) is 1.83. The first-order valence-electron chi connectivity index (χ1n) is 12.1. The van der Waals surface area contributed by atoms with E-state index in [1.807, 2.05) is 72.5 Å². The van der Waals surface area contributed by atoms with E-state index in [1.54, 1.807) is 6.20 Å². The molecule has 5 atom stereocenters. The molecule has 0 N–H and O–H groups in total. The number of amides is 2. The molecule has 3 aliphatic rings. The fraction of sp³-hybridized carbons (Fsp3) is 0.207. The molecule has 0 saturated carbocycles. The Bertz CT molecular complexity index is 1470. The number of carbonyl (C=O) groups excluding carboxylic acids is 3. The summed E-state index contributed by atoms with van der Waals surface area (Å²) in [7, 11) is 0. The number of nitro groups is 1. The van der Waals surface area contributed by atoms with Crippen molar-refractivity contribution in [1.29, 1.82) is 0 Å². The number of nitro benzene ring substituents is 1. The number of benzene rings is 3. The van der Waals surface area contributed by atoms with E-state index >= 15 is 0 Å². The molecular weight excluding hydrogens is 470 g/mol. The Morgan fingerprint density at radius 3 is 2.24 bits per heavy atom. The Labute approximate surface area is 213 Å². The van der Waals surface area contributed by atoms with Crippen LogP contribution in [0.5, 0.6) is 0 Å². The Balaban J connectivity index is 1.45. The summed E-state index contributed by atoms with van der Waals surface area (Å²) >= 11 is 0. The number of Topliss-reactive ketones (excluding diaryl/α,β-unsaturated/α-hetero) is 1. The number of hydrogen-bond acceptors (Lipinski definition) is 6. The minimum atomic E-state index is -0.912. The van der Waals surface area contributed by atoms with Gasteiger partial charge in [0.15, 0.2) is 5.78 Å². The molecule has 184 valence electrons. The lowest BCUT2D eigenvalue weighted by atomic mass is 9.83. The number of nitrogens with zero attached hydrogens (tertiary/aromatic N) is 3. The molecular formula is C29H23N3O5. The number of hydrogen-bond donors (Lipinski definition) is 0. The molecule has 37 heavy (non-hydrogen) atoms. The molecule has 3 aliphatic heterocycles. The zero-order valence-electron chi connectivity index (χ0n) is 19.9. The molecule has 0 bridgehead atoms.